The van der Waals surface area contributed by atoms with Gasteiger partial charge >= 0.3 is 0 Å². The van der Waals surface area contributed by atoms with Crippen LogP contribution in [-0.4, -0.2) is 35.8 Å². The predicted octanol–water partition coefficient (Wildman–Crippen LogP) is -0.00330. The van der Waals surface area contributed by atoms with Crippen LogP contribution in [0.15, 0.2) is 17.0 Å². The molecule has 0 saturated carbocycles. The Morgan fingerprint density at radius 1 is 1.32 bits per heavy atom. The van der Waals surface area contributed by atoms with Crippen molar-refractivity contribution in [1.29, 1.82) is 0 Å². The second kappa shape index (κ2) is 7.05. The highest BCUT2D eigenvalue weighted by Crippen LogP contribution is 2.31. The summed E-state index contributed by atoms with van der Waals surface area (Å²) in [6, 6.07) is 1.10. The van der Waals surface area contributed by atoms with Crippen LogP contribution in [0.25, 0.3) is 0 Å². The van der Waals surface area contributed by atoms with E-state index in [-0.39, 0.29) is 29.8 Å². The van der Waals surface area contributed by atoms with E-state index in [0.29, 0.717) is 0 Å². The lowest BCUT2D eigenvalue weighted by Gasteiger charge is -2.10. The molecule has 1 aromatic carbocycles. The molecule has 1 rings (SSSR count). The summed E-state index contributed by atoms with van der Waals surface area (Å²) in [5.74, 6) is -1.90. The van der Waals surface area contributed by atoms with E-state index in [4.69, 9.17) is 27.6 Å². The molecule has 22 heavy (non-hydrogen) atoms. The lowest BCUT2D eigenvalue weighted by molar-refractivity contribution is -0.120. The Morgan fingerprint density at radius 2 is 1.91 bits per heavy atom. The molecule has 0 saturated heterocycles. The van der Waals surface area contributed by atoms with E-state index in [1.807, 2.05) is 0 Å². The lowest BCUT2D eigenvalue weighted by atomic mass is 10.0. The van der Waals surface area contributed by atoms with Crippen LogP contribution < -0.4 is 11.5 Å². The van der Waals surface area contributed by atoms with Gasteiger partial charge in [0.25, 0.3) is 10.1 Å². The van der Waals surface area contributed by atoms with Gasteiger partial charge in [0.1, 0.15) is 16.4 Å². The molecule has 0 heterocycles. The van der Waals surface area contributed by atoms with E-state index in [1.165, 1.54) is 6.07 Å². The summed E-state index contributed by atoms with van der Waals surface area (Å²) in [5, 5.41) is 9.75. The van der Waals surface area contributed by atoms with Crippen molar-refractivity contribution >= 4 is 33.4 Å². The minimum Gasteiger partial charge on any atom is -0.506 e. The topological polar surface area (TPSA) is 161 Å². The number of ketones is 1. The Hall–Kier alpha value is -1.68. The van der Waals surface area contributed by atoms with Crippen molar-refractivity contribution in [3.05, 3.63) is 22.7 Å². The second-order valence-corrected chi connectivity index (χ2v) is 6.48. The molecule has 0 aliphatic carbocycles. The van der Waals surface area contributed by atoms with E-state index in [9.17, 15) is 23.1 Å². The summed E-state index contributed by atoms with van der Waals surface area (Å²) < 4.78 is 31.2. The molecule has 1 atom stereocenters. The maximum atomic E-state index is 11.8. The molecule has 0 aromatic heterocycles. The van der Waals surface area contributed by atoms with Crippen molar-refractivity contribution < 1.29 is 27.7 Å². The molecule has 122 valence electrons. The number of halogens is 1. The van der Waals surface area contributed by atoms with Crippen LogP contribution in [0.3, 0.4) is 0 Å². The molecule has 10 heteroatoms. The molecule has 0 unspecified atom stereocenters. The van der Waals surface area contributed by atoms with E-state index in [0.717, 1.165) is 6.07 Å². The Labute approximate surface area is 131 Å². The maximum Gasteiger partial charge on any atom is 0.298 e. The highest BCUT2D eigenvalue weighted by atomic mass is 35.5. The average Bonchev–Trinajstić information content (AvgIpc) is 2.38. The first-order valence-corrected chi connectivity index (χ1v) is 7.89. The van der Waals surface area contributed by atoms with Crippen LogP contribution in [0.1, 0.15) is 18.4 Å². The number of Topliss-reactive ketones (excluding diaryl/α,β-unsaturated/α-hetero) is 1. The van der Waals surface area contributed by atoms with Gasteiger partial charge in [0.2, 0.25) is 5.91 Å². The third kappa shape index (κ3) is 4.95. The van der Waals surface area contributed by atoms with Gasteiger partial charge in [-0.2, -0.15) is 8.42 Å². The van der Waals surface area contributed by atoms with E-state index < -0.39 is 38.5 Å². The largest absolute Gasteiger partial charge is 0.506 e. The van der Waals surface area contributed by atoms with Crippen LogP contribution in [0.5, 0.6) is 5.75 Å². The number of benzene rings is 1. The fourth-order valence-electron chi connectivity index (χ4n) is 1.72. The molecule has 6 N–H and O–H groups in total. The molecule has 0 aliphatic heterocycles. The molecule has 1 aromatic rings. The number of nitrogens with two attached hydrogens (primary N) is 2. The Kier molecular flexibility index (Phi) is 5.89. The van der Waals surface area contributed by atoms with Crippen LogP contribution in [0.2, 0.25) is 5.02 Å². The summed E-state index contributed by atoms with van der Waals surface area (Å²) in [6.07, 6.45) is -0.391. The number of rotatable bonds is 7. The van der Waals surface area contributed by atoms with E-state index in [1.54, 1.807) is 0 Å². The van der Waals surface area contributed by atoms with Gasteiger partial charge in [0.15, 0.2) is 0 Å². The minimum absolute atomic E-state index is 0.0284. The first-order valence-electron chi connectivity index (χ1n) is 6.08. The van der Waals surface area contributed by atoms with Crippen molar-refractivity contribution in [2.24, 2.45) is 11.5 Å². The van der Waals surface area contributed by atoms with Crippen LogP contribution in [0, 0.1) is 0 Å². The number of carbonyl (C=O) groups is 2. The second-order valence-electron chi connectivity index (χ2n) is 4.65. The van der Waals surface area contributed by atoms with Crippen molar-refractivity contribution in [1.82, 2.24) is 0 Å². The van der Waals surface area contributed by atoms with Crippen LogP contribution >= 0.6 is 11.6 Å². The summed E-state index contributed by atoms with van der Waals surface area (Å²) in [6.45, 7) is 0. The number of carbonyl (C=O) groups excluding carboxylic acids is 2. The average molecular weight is 351 g/mol. The first kappa shape index (κ1) is 18.4. The summed E-state index contributed by atoms with van der Waals surface area (Å²) in [4.78, 5) is 21.8. The maximum absolute atomic E-state index is 11.8. The number of aromatic hydroxyl groups is 1. The van der Waals surface area contributed by atoms with Crippen molar-refractivity contribution in [2.45, 2.75) is 30.2 Å². The number of primary amides is 1. The zero-order valence-electron chi connectivity index (χ0n) is 11.3. The third-order valence-corrected chi connectivity index (χ3v) is 3.97. The van der Waals surface area contributed by atoms with Gasteiger partial charge < -0.3 is 16.6 Å². The monoisotopic (exact) mass is 350 g/mol. The number of amides is 1. The zero-order valence-corrected chi connectivity index (χ0v) is 12.9. The van der Waals surface area contributed by atoms with Crippen molar-refractivity contribution in [3.8, 4) is 5.75 Å². The normalized spacial score (nSPS) is 12.9. The summed E-state index contributed by atoms with van der Waals surface area (Å²) in [7, 11) is -4.68. The van der Waals surface area contributed by atoms with E-state index in [2.05, 4.69) is 0 Å². The van der Waals surface area contributed by atoms with Gasteiger partial charge in [-0.3, -0.25) is 14.1 Å². The van der Waals surface area contributed by atoms with Gasteiger partial charge in [0, 0.05) is 23.4 Å². The fourth-order valence-corrected chi connectivity index (χ4v) is 2.68. The quantitative estimate of drug-likeness (QED) is 0.503. The zero-order chi connectivity index (χ0) is 17.1. The molecule has 1 amide bonds. The molecule has 0 bridgehead atoms. The Morgan fingerprint density at radius 3 is 2.41 bits per heavy atom. The number of hydrogen-bond acceptors (Lipinski definition) is 6. The number of phenols is 1. The molecular formula is C12H15ClN2O6S. The number of hydrogen-bond donors (Lipinski definition) is 4. The SMILES string of the molecule is NC(=O)[C@@H](N)CCC(=O)Cc1cc(Cl)cc(S(=O)(=O)O)c1O. The molecule has 8 nitrogen and oxygen atoms in total. The smallest absolute Gasteiger partial charge is 0.298 e. The van der Waals surface area contributed by atoms with Gasteiger partial charge in [-0.25, -0.2) is 0 Å². The van der Waals surface area contributed by atoms with Crippen LogP contribution in [-0.2, 0) is 26.1 Å². The minimum atomic E-state index is -4.68. The van der Waals surface area contributed by atoms with Gasteiger partial charge in [-0.05, 0) is 18.6 Å². The predicted molar refractivity (Wildman–Crippen MR) is 78.0 cm³/mol. The van der Waals surface area contributed by atoms with Gasteiger partial charge in [-0.15, -0.1) is 0 Å². The van der Waals surface area contributed by atoms with Crippen LogP contribution in [0.4, 0.5) is 0 Å². The highest BCUT2D eigenvalue weighted by Gasteiger charge is 2.21. The lowest BCUT2D eigenvalue weighted by Crippen LogP contribution is -2.36. The third-order valence-electron chi connectivity index (χ3n) is 2.88. The Bertz CT molecular complexity index is 704. The molecule has 0 spiro atoms. The highest BCUT2D eigenvalue weighted by molar-refractivity contribution is 7.86. The van der Waals surface area contributed by atoms with Crippen molar-refractivity contribution in [3.63, 3.8) is 0 Å². The Balaban J connectivity index is 2.93. The summed E-state index contributed by atoms with van der Waals surface area (Å²) >= 11 is 5.70. The molecule has 0 radical (unpaired) electrons. The number of phenolic OH excluding ortho intramolecular Hbond substituents is 1. The van der Waals surface area contributed by atoms with Crippen molar-refractivity contribution in [2.75, 3.05) is 0 Å². The first-order chi connectivity index (χ1) is 10.0. The molecular weight excluding hydrogens is 336 g/mol. The van der Waals surface area contributed by atoms with Gasteiger partial charge in [-0.1, -0.05) is 11.6 Å². The van der Waals surface area contributed by atoms with E-state index >= 15 is 0 Å². The van der Waals surface area contributed by atoms with Gasteiger partial charge in [0.05, 0.1) is 6.04 Å². The summed E-state index contributed by atoms with van der Waals surface area (Å²) in [5.41, 5.74) is 10.3. The molecule has 0 fully saturated rings. The standard InChI is InChI=1S/C12H15ClN2O6S/c13-7-3-6(11(17)10(5-7)22(19,20)21)4-8(16)1-2-9(14)12(15)18/h3,5,9,17H,1-2,4,14H2,(H2,15,18)(H,19,20,21)/t9-/m0/s1. The fraction of sp³-hybridized carbons (Fsp3) is 0.333. The molecule has 0 aliphatic rings.